The van der Waals surface area contributed by atoms with Gasteiger partial charge < -0.3 is 14.2 Å². The lowest BCUT2D eigenvalue weighted by atomic mass is 10.2. The first-order valence-electron chi connectivity index (χ1n) is 8.80. The predicted molar refractivity (Wildman–Crippen MR) is 110 cm³/mol. The maximum absolute atomic E-state index is 12.6. The van der Waals surface area contributed by atoms with E-state index in [1.807, 2.05) is 39.0 Å². The Balaban J connectivity index is 2.17. The summed E-state index contributed by atoms with van der Waals surface area (Å²) in [5, 5.41) is 0. The molecule has 0 saturated carbocycles. The van der Waals surface area contributed by atoms with E-state index in [0.717, 1.165) is 12.0 Å². The second-order valence-corrected chi connectivity index (χ2v) is 7.24. The van der Waals surface area contributed by atoms with Crippen molar-refractivity contribution in [2.75, 3.05) is 26.4 Å². The zero-order valence-electron chi connectivity index (χ0n) is 15.6. The smallest absolute Gasteiger partial charge is 0.326 e. The van der Waals surface area contributed by atoms with Gasteiger partial charge in [0.15, 0.2) is 11.5 Å². The van der Waals surface area contributed by atoms with Gasteiger partial charge in [-0.3, -0.25) is 14.5 Å². The molecule has 1 aromatic carbocycles. The summed E-state index contributed by atoms with van der Waals surface area (Å²) in [4.78, 5) is 26.1. The molecule has 0 atom stereocenters. The highest BCUT2D eigenvalue weighted by atomic mass is 32.2. The maximum Gasteiger partial charge on any atom is 0.326 e. The van der Waals surface area contributed by atoms with E-state index in [1.54, 1.807) is 6.08 Å². The average molecular weight is 410 g/mol. The summed E-state index contributed by atoms with van der Waals surface area (Å²) < 4.78 is 16.5. The van der Waals surface area contributed by atoms with Gasteiger partial charge in [-0.25, -0.2) is 0 Å². The molecule has 6 nitrogen and oxygen atoms in total. The van der Waals surface area contributed by atoms with Crippen LogP contribution in [0.5, 0.6) is 11.5 Å². The Kier molecular flexibility index (Phi) is 8.12. The topological polar surface area (TPSA) is 65.1 Å². The summed E-state index contributed by atoms with van der Waals surface area (Å²) in [6.07, 6.45) is 2.46. The summed E-state index contributed by atoms with van der Waals surface area (Å²) in [6, 6.07) is 5.47. The highest BCUT2D eigenvalue weighted by Gasteiger charge is 2.33. The predicted octanol–water partition coefficient (Wildman–Crippen LogP) is 3.64. The van der Waals surface area contributed by atoms with Gasteiger partial charge in [-0.05, 0) is 44.0 Å². The monoisotopic (exact) mass is 409 g/mol. The molecule has 27 heavy (non-hydrogen) atoms. The molecule has 0 aromatic heterocycles. The van der Waals surface area contributed by atoms with Gasteiger partial charge in [0.1, 0.15) is 10.9 Å². The molecule has 1 aliphatic rings. The lowest BCUT2D eigenvalue weighted by molar-refractivity contribution is -0.146. The summed E-state index contributed by atoms with van der Waals surface area (Å²) in [6.45, 7) is 6.90. The van der Waals surface area contributed by atoms with Crippen molar-refractivity contribution in [2.45, 2.75) is 27.2 Å². The number of thiocarbonyl (C=S) groups is 1. The highest BCUT2D eigenvalue weighted by Crippen LogP contribution is 2.34. The van der Waals surface area contributed by atoms with Gasteiger partial charge in [0, 0.05) is 0 Å². The van der Waals surface area contributed by atoms with Gasteiger partial charge in [-0.1, -0.05) is 37.0 Å². The molecule has 0 radical (unpaired) electrons. The first kappa shape index (κ1) is 21.2. The summed E-state index contributed by atoms with van der Waals surface area (Å²) >= 11 is 6.40. The van der Waals surface area contributed by atoms with E-state index < -0.39 is 5.97 Å². The Bertz CT molecular complexity index is 748. The van der Waals surface area contributed by atoms with Crippen LogP contribution in [0.1, 0.15) is 32.8 Å². The zero-order chi connectivity index (χ0) is 19.8. The largest absolute Gasteiger partial charge is 0.490 e. The minimum Gasteiger partial charge on any atom is -0.490 e. The number of ether oxygens (including phenoxy) is 3. The molecule has 1 heterocycles. The van der Waals surface area contributed by atoms with Crippen molar-refractivity contribution in [1.29, 1.82) is 0 Å². The first-order valence-corrected chi connectivity index (χ1v) is 10.0. The van der Waals surface area contributed by atoms with E-state index >= 15 is 0 Å². The normalized spacial score (nSPS) is 15.4. The summed E-state index contributed by atoms with van der Waals surface area (Å²) in [5.74, 6) is 0.508. The van der Waals surface area contributed by atoms with E-state index in [1.165, 1.54) is 16.7 Å². The fourth-order valence-corrected chi connectivity index (χ4v) is 3.59. The number of amides is 1. The van der Waals surface area contributed by atoms with Crippen molar-refractivity contribution in [1.82, 2.24) is 4.90 Å². The number of esters is 1. The molecule has 1 amide bonds. The molecule has 0 aliphatic carbocycles. The lowest BCUT2D eigenvalue weighted by Crippen LogP contribution is -2.34. The molecule has 2 rings (SSSR count). The molecule has 1 aliphatic heterocycles. The van der Waals surface area contributed by atoms with Gasteiger partial charge in [0.25, 0.3) is 5.91 Å². The lowest BCUT2D eigenvalue weighted by Gasteiger charge is -2.13. The number of benzene rings is 1. The fraction of sp³-hybridized carbons (Fsp3) is 0.421. The number of rotatable bonds is 9. The number of hydrogen-bond donors (Lipinski definition) is 0. The van der Waals surface area contributed by atoms with E-state index in [2.05, 4.69) is 0 Å². The van der Waals surface area contributed by atoms with Crippen LogP contribution in [0.2, 0.25) is 0 Å². The third kappa shape index (κ3) is 5.71. The quantitative estimate of drug-likeness (QED) is 0.350. The Labute approximate surface area is 168 Å². The standard InChI is InChI=1S/C19H23NO5S2/c1-4-9-25-17(21)12-20-18(22)16(27-19(20)26)11-13-7-8-14(23-5-2)15(10-13)24-6-3/h7-8,10-11H,4-6,9,12H2,1-3H3/b16-11-. The molecular formula is C19H23NO5S2. The third-order valence-corrected chi connectivity index (χ3v) is 4.87. The van der Waals surface area contributed by atoms with E-state index in [4.69, 9.17) is 26.4 Å². The number of hydrogen-bond acceptors (Lipinski definition) is 7. The van der Waals surface area contributed by atoms with E-state index in [0.29, 0.717) is 40.5 Å². The van der Waals surface area contributed by atoms with Crippen LogP contribution in [0.25, 0.3) is 6.08 Å². The molecule has 8 heteroatoms. The van der Waals surface area contributed by atoms with Crippen molar-refractivity contribution >= 4 is 46.3 Å². The van der Waals surface area contributed by atoms with Crippen LogP contribution in [0.15, 0.2) is 23.1 Å². The highest BCUT2D eigenvalue weighted by molar-refractivity contribution is 8.26. The van der Waals surface area contributed by atoms with Crippen LogP contribution < -0.4 is 9.47 Å². The van der Waals surface area contributed by atoms with Crippen LogP contribution in [0, 0.1) is 0 Å². The third-order valence-electron chi connectivity index (χ3n) is 3.49. The van der Waals surface area contributed by atoms with Crippen molar-refractivity contribution < 1.29 is 23.8 Å². The van der Waals surface area contributed by atoms with Gasteiger partial charge >= 0.3 is 5.97 Å². The molecule has 1 fully saturated rings. The first-order chi connectivity index (χ1) is 13.0. The number of thioether (sulfide) groups is 1. The average Bonchev–Trinajstić information content (AvgIpc) is 2.90. The van der Waals surface area contributed by atoms with Crippen molar-refractivity contribution in [3.05, 3.63) is 28.7 Å². The molecule has 0 spiro atoms. The number of nitrogens with zero attached hydrogens (tertiary/aromatic N) is 1. The van der Waals surface area contributed by atoms with Gasteiger partial charge in [0.05, 0.1) is 24.7 Å². The van der Waals surface area contributed by atoms with Crippen LogP contribution >= 0.6 is 24.0 Å². The zero-order valence-corrected chi connectivity index (χ0v) is 17.3. The van der Waals surface area contributed by atoms with Gasteiger partial charge in [0.2, 0.25) is 0 Å². The molecular weight excluding hydrogens is 386 g/mol. The summed E-state index contributed by atoms with van der Waals surface area (Å²) in [5.41, 5.74) is 0.788. The molecule has 146 valence electrons. The summed E-state index contributed by atoms with van der Waals surface area (Å²) in [7, 11) is 0. The molecule has 1 saturated heterocycles. The molecule has 1 aromatic rings. The molecule has 0 unspecified atom stereocenters. The van der Waals surface area contributed by atoms with E-state index in [9.17, 15) is 9.59 Å². The number of carbonyl (C=O) groups excluding carboxylic acids is 2. The van der Waals surface area contributed by atoms with Crippen molar-refractivity contribution in [2.24, 2.45) is 0 Å². The fourth-order valence-electron chi connectivity index (χ4n) is 2.34. The maximum atomic E-state index is 12.6. The van der Waals surface area contributed by atoms with Gasteiger partial charge in [-0.15, -0.1) is 0 Å². The second kappa shape index (κ2) is 10.3. The van der Waals surface area contributed by atoms with Gasteiger partial charge in [-0.2, -0.15) is 0 Å². The molecule has 0 bridgehead atoms. The van der Waals surface area contributed by atoms with E-state index in [-0.39, 0.29) is 12.5 Å². The van der Waals surface area contributed by atoms with Crippen LogP contribution in [0.4, 0.5) is 0 Å². The van der Waals surface area contributed by atoms with Crippen LogP contribution in [0.3, 0.4) is 0 Å². The molecule has 0 N–H and O–H groups in total. The number of carbonyl (C=O) groups is 2. The van der Waals surface area contributed by atoms with Crippen molar-refractivity contribution in [3.8, 4) is 11.5 Å². The van der Waals surface area contributed by atoms with Crippen molar-refractivity contribution in [3.63, 3.8) is 0 Å². The Morgan fingerprint density at radius 1 is 1.19 bits per heavy atom. The minimum absolute atomic E-state index is 0.171. The SMILES string of the molecule is CCCOC(=O)CN1C(=O)/C(=C/c2ccc(OCC)c(OCC)c2)SC1=S. The second-order valence-electron chi connectivity index (χ2n) is 5.56. The van der Waals surface area contributed by atoms with Crippen LogP contribution in [-0.2, 0) is 14.3 Å². The van der Waals surface area contributed by atoms with Crippen LogP contribution in [-0.4, -0.2) is 47.5 Å². The Morgan fingerprint density at radius 3 is 2.56 bits per heavy atom. The Hall–Kier alpha value is -2.06. The minimum atomic E-state index is -0.464. The Morgan fingerprint density at radius 2 is 1.89 bits per heavy atom.